The van der Waals surface area contributed by atoms with Gasteiger partial charge < -0.3 is 16.0 Å². The number of amides is 2. The first-order valence-electron chi connectivity index (χ1n) is 10.0. The Kier molecular flexibility index (Phi) is 8.69. The van der Waals surface area contributed by atoms with Crippen molar-refractivity contribution in [2.24, 2.45) is 5.73 Å². The van der Waals surface area contributed by atoms with Gasteiger partial charge in [0.2, 0.25) is 5.91 Å². The molecule has 0 fully saturated rings. The van der Waals surface area contributed by atoms with E-state index in [0.29, 0.717) is 11.1 Å². The number of carbonyl (C=O) groups excluding carboxylic acids is 2. The molecule has 2 aromatic carbocycles. The molecular weight excluding hydrogens is 350 g/mol. The third kappa shape index (κ3) is 6.50. The van der Waals surface area contributed by atoms with Gasteiger partial charge >= 0.3 is 0 Å². The van der Waals surface area contributed by atoms with Gasteiger partial charge in [-0.2, -0.15) is 0 Å². The molecule has 0 saturated carbocycles. The van der Waals surface area contributed by atoms with Crippen molar-refractivity contribution in [1.29, 1.82) is 0 Å². The van der Waals surface area contributed by atoms with Crippen molar-refractivity contribution in [2.45, 2.75) is 39.2 Å². The summed E-state index contributed by atoms with van der Waals surface area (Å²) in [7, 11) is 0. The van der Waals surface area contributed by atoms with Crippen LogP contribution in [0.1, 0.15) is 65.4 Å². The first kappa shape index (κ1) is 21.6. The van der Waals surface area contributed by atoms with Crippen molar-refractivity contribution >= 4 is 11.8 Å². The largest absolute Gasteiger partial charge is 0.366 e. The third-order valence-electron chi connectivity index (χ3n) is 5.05. The zero-order valence-corrected chi connectivity index (χ0v) is 16.9. The van der Waals surface area contributed by atoms with Gasteiger partial charge in [0.25, 0.3) is 5.91 Å². The Morgan fingerprint density at radius 2 is 1.54 bits per heavy atom. The number of carbonyl (C=O) groups is 2. The lowest BCUT2D eigenvalue weighted by Crippen LogP contribution is -2.29. The summed E-state index contributed by atoms with van der Waals surface area (Å²) in [5, 5.41) is 3.15. The highest BCUT2D eigenvalue weighted by molar-refractivity contribution is 5.97. The molecule has 5 nitrogen and oxygen atoms in total. The number of benzene rings is 2. The minimum atomic E-state index is -0.498. The molecule has 0 aromatic heterocycles. The van der Waals surface area contributed by atoms with Gasteiger partial charge in [0, 0.05) is 11.1 Å². The van der Waals surface area contributed by atoms with Crippen LogP contribution in [0.3, 0.4) is 0 Å². The summed E-state index contributed by atoms with van der Waals surface area (Å²) in [6, 6.07) is 16.5. The van der Waals surface area contributed by atoms with Crippen LogP contribution in [0, 0.1) is 0 Å². The highest BCUT2D eigenvalue weighted by atomic mass is 16.2. The van der Waals surface area contributed by atoms with Crippen molar-refractivity contribution in [2.75, 3.05) is 19.6 Å². The van der Waals surface area contributed by atoms with Gasteiger partial charge in [-0.3, -0.25) is 9.59 Å². The monoisotopic (exact) mass is 381 g/mol. The van der Waals surface area contributed by atoms with E-state index in [0.717, 1.165) is 44.5 Å². The van der Waals surface area contributed by atoms with E-state index in [1.165, 1.54) is 0 Å². The van der Waals surface area contributed by atoms with Gasteiger partial charge in [0.1, 0.15) is 0 Å². The van der Waals surface area contributed by atoms with Gasteiger partial charge in [-0.05, 0) is 68.7 Å². The summed E-state index contributed by atoms with van der Waals surface area (Å²) < 4.78 is 0. The van der Waals surface area contributed by atoms with Gasteiger partial charge in [0.15, 0.2) is 0 Å². The number of nitrogens with two attached hydrogens (primary N) is 1. The summed E-state index contributed by atoms with van der Waals surface area (Å²) in [6.45, 7) is 7.57. The molecule has 0 radical (unpaired) electrons. The van der Waals surface area contributed by atoms with E-state index in [1.54, 1.807) is 24.3 Å². The number of unbranched alkanes of at least 4 members (excludes halogenated alkanes) is 1. The van der Waals surface area contributed by atoms with Crippen LogP contribution in [-0.4, -0.2) is 36.3 Å². The summed E-state index contributed by atoms with van der Waals surface area (Å²) in [4.78, 5) is 26.3. The van der Waals surface area contributed by atoms with E-state index < -0.39 is 5.91 Å². The number of nitrogens with one attached hydrogen (secondary N) is 1. The lowest BCUT2D eigenvalue weighted by atomic mass is 10.00. The Morgan fingerprint density at radius 3 is 2.11 bits per heavy atom. The van der Waals surface area contributed by atoms with Crippen molar-refractivity contribution in [3.63, 3.8) is 0 Å². The van der Waals surface area contributed by atoms with E-state index in [4.69, 9.17) is 5.73 Å². The molecule has 0 spiro atoms. The van der Waals surface area contributed by atoms with E-state index in [-0.39, 0.29) is 11.9 Å². The number of rotatable bonds is 11. The molecular formula is C23H31N3O2. The lowest BCUT2D eigenvalue weighted by Gasteiger charge is -2.21. The molecule has 150 valence electrons. The van der Waals surface area contributed by atoms with Gasteiger partial charge in [-0.25, -0.2) is 0 Å². The van der Waals surface area contributed by atoms with Gasteiger partial charge in [-0.15, -0.1) is 0 Å². The van der Waals surface area contributed by atoms with Crippen LogP contribution in [0.15, 0.2) is 54.6 Å². The Hall–Kier alpha value is -2.66. The zero-order chi connectivity index (χ0) is 20.4. The SMILES string of the molecule is CCN(CC)CCCCC(NC(=O)c1ccc(C(N)=O)cc1)c1ccccc1. The van der Waals surface area contributed by atoms with Crippen LogP contribution in [0.25, 0.3) is 0 Å². The van der Waals surface area contributed by atoms with Crippen LogP contribution in [0.4, 0.5) is 0 Å². The molecule has 0 aliphatic heterocycles. The highest BCUT2D eigenvalue weighted by Crippen LogP contribution is 2.20. The maximum Gasteiger partial charge on any atom is 0.251 e. The molecule has 1 unspecified atom stereocenters. The molecule has 5 heteroatoms. The molecule has 0 aliphatic carbocycles. The zero-order valence-electron chi connectivity index (χ0n) is 16.9. The van der Waals surface area contributed by atoms with E-state index in [1.807, 2.05) is 30.3 Å². The van der Waals surface area contributed by atoms with Crippen molar-refractivity contribution < 1.29 is 9.59 Å². The predicted octanol–water partition coefficient (Wildman–Crippen LogP) is 3.77. The quantitative estimate of drug-likeness (QED) is 0.582. The van der Waals surface area contributed by atoms with Crippen LogP contribution < -0.4 is 11.1 Å². The minimum absolute atomic E-state index is 0.0405. The molecule has 28 heavy (non-hydrogen) atoms. The molecule has 1 atom stereocenters. The standard InChI is InChI=1S/C23H31N3O2/c1-3-26(4-2)17-9-8-12-21(18-10-6-5-7-11-18)25-23(28)20-15-13-19(14-16-20)22(24)27/h5-7,10-11,13-16,21H,3-4,8-9,12,17H2,1-2H3,(H2,24,27)(H,25,28). The Labute approximate surface area is 167 Å². The minimum Gasteiger partial charge on any atom is -0.366 e. The fourth-order valence-corrected chi connectivity index (χ4v) is 3.26. The number of primary amides is 1. The summed E-state index contributed by atoms with van der Waals surface area (Å²) in [5.74, 6) is -0.643. The second kappa shape index (κ2) is 11.2. The van der Waals surface area contributed by atoms with E-state index in [2.05, 4.69) is 24.1 Å². The Morgan fingerprint density at radius 1 is 0.929 bits per heavy atom. The molecule has 0 bridgehead atoms. The van der Waals surface area contributed by atoms with Crippen LogP contribution in [-0.2, 0) is 0 Å². The molecule has 0 saturated heterocycles. The van der Waals surface area contributed by atoms with E-state index in [9.17, 15) is 9.59 Å². The Bertz CT molecular complexity index is 740. The normalized spacial score (nSPS) is 12.0. The highest BCUT2D eigenvalue weighted by Gasteiger charge is 2.16. The third-order valence-corrected chi connectivity index (χ3v) is 5.05. The van der Waals surface area contributed by atoms with E-state index >= 15 is 0 Å². The van der Waals surface area contributed by atoms with Gasteiger partial charge in [-0.1, -0.05) is 44.2 Å². The topological polar surface area (TPSA) is 75.4 Å². The number of hydrogen-bond acceptors (Lipinski definition) is 3. The molecule has 2 rings (SSSR count). The summed E-state index contributed by atoms with van der Waals surface area (Å²) >= 11 is 0. The number of hydrogen-bond donors (Lipinski definition) is 2. The second-order valence-corrected chi connectivity index (χ2v) is 6.90. The first-order valence-corrected chi connectivity index (χ1v) is 10.0. The van der Waals surface area contributed by atoms with Gasteiger partial charge in [0.05, 0.1) is 6.04 Å². The summed E-state index contributed by atoms with van der Waals surface area (Å²) in [6.07, 6.45) is 3.03. The van der Waals surface area contributed by atoms with Crippen molar-refractivity contribution in [3.8, 4) is 0 Å². The van der Waals surface area contributed by atoms with Crippen LogP contribution >= 0.6 is 0 Å². The smallest absolute Gasteiger partial charge is 0.251 e. The maximum atomic E-state index is 12.7. The maximum absolute atomic E-state index is 12.7. The number of nitrogens with zero attached hydrogens (tertiary/aromatic N) is 1. The van der Waals surface area contributed by atoms with Crippen LogP contribution in [0.2, 0.25) is 0 Å². The van der Waals surface area contributed by atoms with Crippen molar-refractivity contribution in [1.82, 2.24) is 10.2 Å². The lowest BCUT2D eigenvalue weighted by molar-refractivity contribution is 0.0931. The molecule has 2 aromatic rings. The molecule has 0 heterocycles. The predicted molar refractivity (Wildman–Crippen MR) is 113 cm³/mol. The molecule has 2 amide bonds. The van der Waals surface area contributed by atoms with Crippen LogP contribution in [0.5, 0.6) is 0 Å². The fourth-order valence-electron chi connectivity index (χ4n) is 3.26. The van der Waals surface area contributed by atoms with Crippen molar-refractivity contribution in [3.05, 3.63) is 71.3 Å². The molecule has 0 aliphatic rings. The Balaban J connectivity index is 2.01. The second-order valence-electron chi connectivity index (χ2n) is 6.90. The first-order chi connectivity index (χ1) is 13.5. The summed E-state index contributed by atoms with van der Waals surface area (Å²) in [5.41, 5.74) is 7.29. The average molecular weight is 382 g/mol. The average Bonchev–Trinajstić information content (AvgIpc) is 2.73. The molecule has 3 N–H and O–H groups in total. The fraction of sp³-hybridized carbons (Fsp3) is 0.391.